The molecule has 1 amide bonds. The van der Waals surface area contributed by atoms with Gasteiger partial charge in [-0.1, -0.05) is 26.0 Å². The van der Waals surface area contributed by atoms with Crippen LogP contribution in [0.15, 0.2) is 24.3 Å². The molecule has 8 nitrogen and oxygen atoms in total. The van der Waals surface area contributed by atoms with Crippen molar-refractivity contribution in [2.24, 2.45) is 5.92 Å². The van der Waals surface area contributed by atoms with Gasteiger partial charge in [0.05, 0.1) is 12.3 Å². The maximum absolute atomic E-state index is 12.5. The predicted octanol–water partition coefficient (Wildman–Crippen LogP) is 1.54. The summed E-state index contributed by atoms with van der Waals surface area (Å²) in [6, 6.07) is 6.37. The first-order valence-electron chi connectivity index (χ1n) is 8.86. The van der Waals surface area contributed by atoms with Gasteiger partial charge in [0.1, 0.15) is 0 Å². The molecule has 0 unspecified atom stereocenters. The minimum atomic E-state index is -3.32. The van der Waals surface area contributed by atoms with Gasteiger partial charge >= 0.3 is 5.97 Å². The van der Waals surface area contributed by atoms with Gasteiger partial charge in [0.15, 0.2) is 0 Å². The van der Waals surface area contributed by atoms with Crippen molar-refractivity contribution >= 4 is 27.6 Å². The molecule has 0 heterocycles. The zero-order chi connectivity index (χ0) is 20.4. The van der Waals surface area contributed by atoms with E-state index in [9.17, 15) is 18.0 Å². The van der Waals surface area contributed by atoms with Gasteiger partial charge in [0.2, 0.25) is 15.9 Å². The fourth-order valence-electron chi connectivity index (χ4n) is 2.49. The first-order valence-corrected chi connectivity index (χ1v) is 10.8. The van der Waals surface area contributed by atoms with Crippen molar-refractivity contribution in [3.05, 3.63) is 29.8 Å². The number of aliphatic carboxylic acids is 1. The first-order chi connectivity index (χ1) is 12.6. The van der Waals surface area contributed by atoms with Gasteiger partial charge < -0.3 is 15.7 Å². The van der Waals surface area contributed by atoms with Crippen molar-refractivity contribution < 1.29 is 23.1 Å². The molecule has 27 heavy (non-hydrogen) atoms. The Balaban J connectivity index is 2.55. The van der Waals surface area contributed by atoms with E-state index >= 15 is 0 Å². The maximum Gasteiger partial charge on any atom is 0.303 e. The number of sulfonamides is 1. The molecule has 0 bridgehead atoms. The number of carbonyl (C=O) groups is 2. The highest BCUT2D eigenvalue weighted by Gasteiger charge is 2.19. The molecule has 1 rings (SSSR count). The summed E-state index contributed by atoms with van der Waals surface area (Å²) in [6.45, 7) is 4.83. The lowest BCUT2D eigenvalue weighted by atomic mass is 10.0. The van der Waals surface area contributed by atoms with Gasteiger partial charge in [0.25, 0.3) is 0 Å². The summed E-state index contributed by atoms with van der Waals surface area (Å²) in [5, 5.41) is 14.7. The molecular formula is C18H29N3O5S. The van der Waals surface area contributed by atoms with Crippen molar-refractivity contribution in [1.29, 1.82) is 0 Å². The lowest BCUT2D eigenvalue weighted by Crippen LogP contribution is -2.45. The molecule has 0 aromatic heterocycles. The van der Waals surface area contributed by atoms with Crippen LogP contribution >= 0.6 is 0 Å². The number of hydrogen-bond donors (Lipinski definition) is 4. The van der Waals surface area contributed by atoms with E-state index in [0.717, 1.165) is 11.8 Å². The van der Waals surface area contributed by atoms with Crippen molar-refractivity contribution in [2.45, 2.75) is 45.7 Å². The van der Waals surface area contributed by atoms with Crippen LogP contribution in [0.1, 0.15) is 38.7 Å². The quantitative estimate of drug-likeness (QED) is 0.395. The SMILES string of the molecule is CC(C)C[C@H](NCCCC(=O)O)C(=O)NCc1ccc(NS(C)(=O)=O)cc1. The zero-order valence-corrected chi connectivity index (χ0v) is 16.8. The Morgan fingerprint density at radius 3 is 2.30 bits per heavy atom. The first kappa shape index (κ1) is 22.9. The van der Waals surface area contributed by atoms with Gasteiger partial charge in [-0.05, 0) is 43.0 Å². The molecule has 9 heteroatoms. The second kappa shape index (κ2) is 10.9. The summed E-state index contributed by atoms with van der Waals surface area (Å²) >= 11 is 0. The van der Waals surface area contributed by atoms with Gasteiger partial charge in [-0.2, -0.15) is 0 Å². The molecule has 0 fully saturated rings. The topological polar surface area (TPSA) is 125 Å². The minimum absolute atomic E-state index is 0.0664. The van der Waals surface area contributed by atoms with Crippen LogP contribution in [0, 0.1) is 5.92 Å². The third-order valence-electron chi connectivity index (χ3n) is 3.71. The summed E-state index contributed by atoms with van der Waals surface area (Å²) in [4.78, 5) is 23.0. The molecular weight excluding hydrogens is 370 g/mol. The number of amides is 1. The van der Waals surface area contributed by atoms with Crippen LogP contribution in [0.3, 0.4) is 0 Å². The monoisotopic (exact) mass is 399 g/mol. The fourth-order valence-corrected chi connectivity index (χ4v) is 3.05. The molecule has 1 aromatic rings. The van der Waals surface area contributed by atoms with Crippen molar-refractivity contribution in [3.63, 3.8) is 0 Å². The molecule has 0 aliphatic heterocycles. The summed E-state index contributed by atoms with van der Waals surface area (Å²) < 4.78 is 24.8. The van der Waals surface area contributed by atoms with E-state index in [1.54, 1.807) is 24.3 Å². The lowest BCUT2D eigenvalue weighted by Gasteiger charge is -2.20. The third-order valence-corrected chi connectivity index (χ3v) is 4.31. The van der Waals surface area contributed by atoms with E-state index in [2.05, 4.69) is 15.4 Å². The Bertz CT molecular complexity index is 717. The van der Waals surface area contributed by atoms with Crippen LogP contribution in [0.2, 0.25) is 0 Å². The highest BCUT2D eigenvalue weighted by Crippen LogP contribution is 2.11. The number of carboxylic acid groups (broad SMARTS) is 1. The average molecular weight is 400 g/mol. The molecule has 4 N–H and O–H groups in total. The number of benzene rings is 1. The summed E-state index contributed by atoms with van der Waals surface area (Å²) in [7, 11) is -3.32. The van der Waals surface area contributed by atoms with Gasteiger partial charge in [-0.25, -0.2) is 8.42 Å². The average Bonchev–Trinajstić information content (AvgIpc) is 2.54. The van der Waals surface area contributed by atoms with Crippen LogP contribution in [0.5, 0.6) is 0 Å². The van der Waals surface area contributed by atoms with E-state index in [4.69, 9.17) is 5.11 Å². The van der Waals surface area contributed by atoms with Crippen molar-refractivity contribution in [3.8, 4) is 0 Å². The van der Waals surface area contributed by atoms with E-state index in [0.29, 0.717) is 37.5 Å². The maximum atomic E-state index is 12.5. The Kier molecular flexibility index (Phi) is 9.23. The highest BCUT2D eigenvalue weighted by atomic mass is 32.2. The number of nitrogens with one attached hydrogen (secondary N) is 3. The molecule has 0 saturated carbocycles. The van der Waals surface area contributed by atoms with Crippen molar-refractivity contribution in [2.75, 3.05) is 17.5 Å². The molecule has 0 aliphatic rings. The standard InChI is InChI=1S/C18H29N3O5S/c1-13(2)11-16(19-10-4-5-17(22)23)18(24)20-12-14-6-8-15(9-7-14)21-27(3,25)26/h6-9,13,16,19,21H,4-5,10-12H2,1-3H3,(H,20,24)(H,22,23)/t16-/m0/s1. The predicted molar refractivity (Wildman–Crippen MR) is 105 cm³/mol. The summed E-state index contributed by atoms with van der Waals surface area (Å²) in [5.41, 5.74) is 1.31. The zero-order valence-electron chi connectivity index (χ0n) is 16.0. The number of carbonyl (C=O) groups excluding carboxylic acids is 1. The Hall–Kier alpha value is -2.13. The van der Waals surface area contributed by atoms with Crippen LogP contribution in [0.4, 0.5) is 5.69 Å². The van der Waals surface area contributed by atoms with E-state index < -0.39 is 16.0 Å². The Morgan fingerprint density at radius 1 is 1.15 bits per heavy atom. The second-order valence-corrected chi connectivity index (χ2v) is 8.67. The van der Waals surface area contributed by atoms with Crippen LogP contribution in [0.25, 0.3) is 0 Å². The largest absolute Gasteiger partial charge is 0.481 e. The number of carboxylic acids is 1. The Morgan fingerprint density at radius 2 is 1.78 bits per heavy atom. The smallest absolute Gasteiger partial charge is 0.303 e. The molecule has 1 aromatic carbocycles. The third kappa shape index (κ3) is 10.6. The van der Waals surface area contributed by atoms with Crippen LogP contribution < -0.4 is 15.4 Å². The normalized spacial score (nSPS) is 12.6. The lowest BCUT2D eigenvalue weighted by molar-refractivity contribution is -0.137. The summed E-state index contributed by atoms with van der Waals surface area (Å²) in [5.74, 6) is -0.679. The number of hydrogen-bond acceptors (Lipinski definition) is 5. The van der Waals surface area contributed by atoms with Crippen LogP contribution in [-0.4, -0.2) is 44.2 Å². The Labute approximate surface area is 160 Å². The van der Waals surface area contributed by atoms with E-state index in [1.807, 2.05) is 13.8 Å². The molecule has 0 saturated heterocycles. The molecule has 1 atom stereocenters. The number of anilines is 1. The molecule has 0 radical (unpaired) electrons. The highest BCUT2D eigenvalue weighted by molar-refractivity contribution is 7.92. The van der Waals surface area contributed by atoms with E-state index in [1.165, 1.54) is 0 Å². The summed E-state index contributed by atoms with van der Waals surface area (Å²) in [6.07, 6.45) is 2.26. The molecule has 0 spiro atoms. The minimum Gasteiger partial charge on any atom is -0.481 e. The fraction of sp³-hybridized carbons (Fsp3) is 0.556. The molecule has 152 valence electrons. The molecule has 0 aliphatic carbocycles. The van der Waals surface area contributed by atoms with Crippen molar-refractivity contribution in [1.82, 2.24) is 10.6 Å². The number of rotatable bonds is 12. The van der Waals surface area contributed by atoms with Gasteiger partial charge in [-0.15, -0.1) is 0 Å². The van der Waals surface area contributed by atoms with E-state index in [-0.39, 0.29) is 18.4 Å². The second-order valence-electron chi connectivity index (χ2n) is 6.92. The van der Waals surface area contributed by atoms with Crippen LogP contribution in [-0.2, 0) is 26.2 Å². The van der Waals surface area contributed by atoms with Gasteiger partial charge in [0, 0.05) is 18.7 Å². The van der Waals surface area contributed by atoms with Gasteiger partial charge in [-0.3, -0.25) is 14.3 Å².